The largest absolute Gasteiger partial charge is 0.290 e. The number of nitrogens with zero attached hydrogens (tertiary/aromatic N) is 4. The first-order valence-electron chi connectivity index (χ1n) is 7.60. The minimum Gasteiger partial charge on any atom is -0.290 e. The van der Waals surface area contributed by atoms with Gasteiger partial charge in [0, 0.05) is 30.2 Å². The van der Waals surface area contributed by atoms with E-state index in [-0.39, 0.29) is 11.9 Å². The smallest absolute Gasteiger partial charge is 0.259 e. The highest BCUT2D eigenvalue weighted by atomic mass is 32.1. The van der Waals surface area contributed by atoms with Gasteiger partial charge in [0.15, 0.2) is 0 Å². The Kier molecular flexibility index (Phi) is 3.91. The quantitative estimate of drug-likeness (QED) is 0.611. The summed E-state index contributed by atoms with van der Waals surface area (Å²) < 4.78 is 0. The predicted molar refractivity (Wildman–Crippen MR) is 97.6 cm³/mol. The lowest BCUT2D eigenvalue weighted by molar-refractivity contribution is 0.102. The van der Waals surface area contributed by atoms with E-state index in [1.807, 2.05) is 31.3 Å². The summed E-state index contributed by atoms with van der Waals surface area (Å²) in [6.07, 6.45) is 6.67. The Balaban J connectivity index is 1.66. The maximum Gasteiger partial charge on any atom is 0.259 e. The zero-order valence-electron chi connectivity index (χ0n) is 13.3. The molecule has 1 N–H and O–H groups in total. The van der Waals surface area contributed by atoms with Crippen LogP contribution in [0.3, 0.4) is 0 Å². The summed E-state index contributed by atoms with van der Waals surface area (Å²) in [6.45, 7) is 1.98. The number of anilines is 1. The second kappa shape index (κ2) is 6.37. The summed E-state index contributed by atoms with van der Waals surface area (Å²) in [5.41, 5.74) is 2.27. The van der Waals surface area contributed by atoms with E-state index < -0.39 is 0 Å². The number of pyridine rings is 1. The van der Waals surface area contributed by atoms with Gasteiger partial charge in [-0.25, -0.2) is 15.0 Å². The van der Waals surface area contributed by atoms with Crippen LogP contribution >= 0.6 is 11.3 Å². The van der Waals surface area contributed by atoms with Crippen LogP contribution in [-0.2, 0) is 0 Å². The fourth-order valence-electron chi connectivity index (χ4n) is 2.40. The first kappa shape index (κ1) is 15.3. The third-order valence-corrected chi connectivity index (χ3v) is 4.60. The molecule has 0 aliphatic carbocycles. The van der Waals surface area contributed by atoms with Crippen molar-refractivity contribution in [2.75, 3.05) is 5.32 Å². The standard InChI is InChI=1S/C18H13N5OS/c1-11-20-10-16(25-11)12-4-5-13-9-21-18(22-15(13)7-12)23-17(24)14-3-2-6-19-8-14/h2-10H,1H3,(H,21,22,23,24). The van der Waals surface area contributed by atoms with Crippen molar-refractivity contribution in [2.45, 2.75) is 6.92 Å². The molecule has 0 saturated carbocycles. The monoisotopic (exact) mass is 347 g/mol. The van der Waals surface area contributed by atoms with Gasteiger partial charge in [0.25, 0.3) is 5.91 Å². The Morgan fingerprint density at radius 1 is 1.12 bits per heavy atom. The number of rotatable bonds is 3. The van der Waals surface area contributed by atoms with Crippen molar-refractivity contribution in [3.8, 4) is 10.4 Å². The topological polar surface area (TPSA) is 80.7 Å². The Hall–Kier alpha value is -3.19. The van der Waals surface area contributed by atoms with Crippen molar-refractivity contribution >= 4 is 34.1 Å². The second-order valence-electron chi connectivity index (χ2n) is 5.41. The van der Waals surface area contributed by atoms with Crippen molar-refractivity contribution in [3.05, 3.63) is 65.7 Å². The maximum absolute atomic E-state index is 12.2. The molecule has 122 valence electrons. The fraction of sp³-hybridized carbons (Fsp3) is 0.0556. The lowest BCUT2D eigenvalue weighted by atomic mass is 10.1. The highest BCUT2D eigenvalue weighted by molar-refractivity contribution is 7.15. The summed E-state index contributed by atoms with van der Waals surface area (Å²) in [6, 6.07) is 9.36. The van der Waals surface area contributed by atoms with E-state index in [1.165, 1.54) is 6.20 Å². The molecular formula is C18H13N5OS. The van der Waals surface area contributed by atoms with Crippen LogP contribution in [0.1, 0.15) is 15.4 Å². The lowest BCUT2D eigenvalue weighted by Crippen LogP contribution is -2.14. The van der Waals surface area contributed by atoms with Crippen molar-refractivity contribution < 1.29 is 4.79 Å². The van der Waals surface area contributed by atoms with Gasteiger partial charge in [0.2, 0.25) is 5.95 Å². The molecule has 0 atom stereocenters. The molecule has 7 heteroatoms. The van der Waals surface area contributed by atoms with E-state index in [9.17, 15) is 4.79 Å². The molecule has 0 unspecified atom stereocenters. The van der Waals surface area contributed by atoms with Crippen LogP contribution in [0.4, 0.5) is 5.95 Å². The fourth-order valence-corrected chi connectivity index (χ4v) is 3.18. The first-order valence-corrected chi connectivity index (χ1v) is 8.42. The van der Waals surface area contributed by atoms with Crippen LogP contribution in [0.15, 0.2) is 55.1 Å². The number of hydrogen-bond acceptors (Lipinski definition) is 6. The van der Waals surface area contributed by atoms with Gasteiger partial charge in [0.1, 0.15) is 0 Å². The maximum atomic E-state index is 12.2. The zero-order valence-corrected chi connectivity index (χ0v) is 14.1. The first-order chi connectivity index (χ1) is 12.2. The number of carbonyl (C=O) groups is 1. The second-order valence-corrected chi connectivity index (χ2v) is 6.64. The van der Waals surface area contributed by atoms with Crippen LogP contribution in [0.2, 0.25) is 0 Å². The molecule has 0 aliphatic rings. The van der Waals surface area contributed by atoms with E-state index in [2.05, 4.69) is 25.3 Å². The molecule has 0 radical (unpaired) electrons. The third kappa shape index (κ3) is 3.22. The van der Waals surface area contributed by atoms with Crippen LogP contribution < -0.4 is 5.32 Å². The Morgan fingerprint density at radius 3 is 2.80 bits per heavy atom. The van der Waals surface area contributed by atoms with Crippen LogP contribution in [0.25, 0.3) is 21.3 Å². The van der Waals surface area contributed by atoms with Gasteiger partial charge in [-0.15, -0.1) is 11.3 Å². The molecule has 3 heterocycles. The molecule has 0 fully saturated rings. The average molecular weight is 347 g/mol. The van der Waals surface area contributed by atoms with E-state index >= 15 is 0 Å². The molecule has 0 spiro atoms. The minimum absolute atomic E-state index is 0.263. The van der Waals surface area contributed by atoms with Gasteiger partial charge in [-0.3, -0.25) is 15.1 Å². The predicted octanol–water partition coefficient (Wildman–Crippen LogP) is 3.71. The number of hydrogen-bond donors (Lipinski definition) is 1. The van der Waals surface area contributed by atoms with Gasteiger partial charge in [-0.2, -0.15) is 0 Å². The summed E-state index contributed by atoms with van der Waals surface area (Å²) in [5.74, 6) is -0.0272. The van der Waals surface area contributed by atoms with Gasteiger partial charge in [-0.1, -0.05) is 12.1 Å². The van der Waals surface area contributed by atoms with E-state index in [1.54, 1.807) is 35.9 Å². The minimum atomic E-state index is -0.290. The van der Waals surface area contributed by atoms with Gasteiger partial charge in [-0.05, 0) is 30.7 Å². The number of aryl methyl sites for hydroxylation is 1. The molecule has 0 bridgehead atoms. The molecule has 0 saturated heterocycles. The van der Waals surface area contributed by atoms with Crippen molar-refractivity contribution in [2.24, 2.45) is 0 Å². The summed E-state index contributed by atoms with van der Waals surface area (Å²) in [5, 5.41) is 4.63. The number of amides is 1. The van der Waals surface area contributed by atoms with Crippen molar-refractivity contribution in [1.82, 2.24) is 19.9 Å². The number of benzene rings is 1. The Bertz CT molecular complexity index is 1060. The summed E-state index contributed by atoms with van der Waals surface area (Å²) in [4.78, 5) is 30.2. The van der Waals surface area contributed by atoms with E-state index in [0.717, 1.165) is 26.4 Å². The lowest BCUT2D eigenvalue weighted by Gasteiger charge is -2.05. The molecule has 25 heavy (non-hydrogen) atoms. The molecule has 1 aromatic carbocycles. The number of fused-ring (bicyclic) bond motifs is 1. The number of carbonyl (C=O) groups excluding carboxylic acids is 1. The highest BCUT2D eigenvalue weighted by Gasteiger charge is 2.09. The summed E-state index contributed by atoms with van der Waals surface area (Å²) >= 11 is 1.63. The number of nitrogens with one attached hydrogen (secondary N) is 1. The summed E-state index contributed by atoms with van der Waals surface area (Å²) in [7, 11) is 0. The van der Waals surface area contributed by atoms with E-state index in [4.69, 9.17) is 0 Å². The van der Waals surface area contributed by atoms with Gasteiger partial charge < -0.3 is 0 Å². The average Bonchev–Trinajstić information content (AvgIpc) is 3.08. The van der Waals surface area contributed by atoms with Crippen LogP contribution in [-0.4, -0.2) is 25.8 Å². The Morgan fingerprint density at radius 2 is 2.04 bits per heavy atom. The number of aromatic nitrogens is 4. The SMILES string of the molecule is Cc1ncc(-c2ccc3cnc(NC(=O)c4cccnc4)nc3c2)s1. The molecule has 4 rings (SSSR count). The van der Waals surface area contributed by atoms with Crippen LogP contribution in [0, 0.1) is 6.92 Å². The van der Waals surface area contributed by atoms with E-state index in [0.29, 0.717) is 5.56 Å². The molecular weight excluding hydrogens is 334 g/mol. The molecule has 3 aromatic heterocycles. The zero-order chi connectivity index (χ0) is 17.2. The number of thiazole rings is 1. The molecule has 6 nitrogen and oxygen atoms in total. The normalized spacial score (nSPS) is 10.8. The van der Waals surface area contributed by atoms with Gasteiger partial charge in [0.05, 0.1) is 21.0 Å². The van der Waals surface area contributed by atoms with Gasteiger partial charge >= 0.3 is 0 Å². The molecule has 1 amide bonds. The molecule has 4 aromatic rings. The molecule has 0 aliphatic heterocycles. The Labute approximate surface area is 147 Å². The third-order valence-electron chi connectivity index (χ3n) is 3.64. The van der Waals surface area contributed by atoms with Crippen LogP contribution in [0.5, 0.6) is 0 Å². The highest BCUT2D eigenvalue weighted by Crippen LogP contribution is 2.28. The van der Waals surface area contributed by atoms with Crippen molar-refractivity contribution in [1.29, 1.82) is 0 Å². The van der Waals surface area contributed by atoms with Crippen molar-refractivity contribution in [3.63, 3.8) is 0 Å².